The van der Waals surface area contributed by atoms with E-state index in [1.807, 2.05) is 26.0 Å². The minimum atomic E-state index is 0.108. The molecule has 5 nitrogen and oxygen atoms in total. The van der Waals surface area contributed by atoms with Gasteiger partial charge in [0.15, 0.2) is 5.84 Å². The average Bonchev–Trinajstić information content (AvgIpc) is 2.89. The van der Waals surface area contributed by atoms with Crippen LogP contribution in [0.4, 0.5) is 0 Å². The van der Waals surface area contributed by atoms with Crippen LogP contribution in [0.25, 0.3) is 0 Å². The molecule has 1 atom stereocenters. The molecule has 1 aromatic rings. The zero-order valence-corrected chi connectivity index (χ0v) is 11.3. The molecule has 0 amide bonds. The third-order valence-electron chi connectivity index (χ3n) is 3.30. The number of hydrogen-bond donors (Lipinski definition) is 2. The molecular weight excluding hydrogens is 244 g/mol. The fourth-order valence-electron chi connectivity index (χ4n) is 2.34. The number of oxime groups is 1. The standard InChI is InChI=1S/C14H20N2O3/c1-9-6-11(14(15)16-17)7-10(2)13(9)19-8-12-4-3-5-18-12/h6-7,12,17H,3-5,8H2,1-2H3,(H2,15,16). The predicted octanol–water partition coefficient (Wildman–Crippen LogP) is 1.96. The summed E-state index contributed by atoms with van der Waals surface area (Å²) < 4.78 is 11.4. The molecule has 1 fully saturated rings. The largest absolute Gasteiger partial charge is 0.490 e. The van der Waals surface area contributed by atoms with E-state index in [4.69, 9.17) is 20.4 Å². The van der Waals surface area contributed by atoms with Crippen LogP contribution in [0, 0.1) is 13.8 Å². The predicted molar refractivity (Wildman–Crippen MR) is 72.9 cm³/mol. The van der Waals surface area contributed by atoms with Crippen LogP contribution in [0.5, 0.6) is 5.75 Å². The van der Waals surface area contributed by atoms with E-state index in [9.17, 15) is 0 Å². The van der Waals surface area contributed by atoms with E-state index < -0.39 is 0 Å². The van der Waals surface area contributed by atoms with Crippen LogP contribution in [0.2, 0.25) is 0 Å². The van der Waals surface area contributed by atoms with Crippen LogP contribution < -0.4 is 10.5 Å². The molecule has 1 heterocycles. The number of benzene rings is 1. The number of aryl methyl sites for hydroxylation is 2. The van der Waals surface area contributed by atoms with Gasteiger partial charge in [-0.1, -0.05) is 5.16 Å². The van der Waals surface area contributed by atoms with Gasteiger partial charge in [-0.05, 0) is 49.9 Å². The summed E-state index contributed by atoms with van der Waals surface area (Å²) in [6, 6.07) is 3.71. The molecule has 1 aromatic carbocycles. The molecule has 0 spiro atoms. The Morgan fingerprint density at radius 3 is 2.68 bits per heavy atom. The molecule has 104 valence electrons. The van der Waals surface area contributed by atoms with Gasteiger partial charge in [-0.2, -0.15) is 0 Å². The highest BCUT2D eigenvalue weighted by atomic mass is 16.5. The summed E-state index contributed by atoms with van der Waals surface area (Å²) in [7, 11) is 0. The Morgan fingerprint density at radius 2 is 2.16 bits per heavy atom. The Labute approximate surface area is 113 Å². The third-order valence-corrected chi connectivity index (χ3v) is 3.30. The molecule has 3 N–H and O–H groups in total. The molecule has 0 saturated carbocycles. The van der Waals surface area contributed by atoms with E-state index in [-0.39, 0.29) is 11.9 Å². The number of amidine groups is 1. The first-order valence-corrected chi connectivity index (χ1v) is 6.45. The fourth-order valence-corrected chi connectivity index (χ4v) is 2.34. The lowest BCUT2D eigenvalue weighted by molar-refractivity contribution is 0.0675. The average molecular weight is 264 g/mol. The topological polar surface area (TPSA) is 77.1 Å². The van der Waals surface area contributed by atoms with Gasteiger partial charge in [0.25, 0.3) is 0 Å². The Bertz CT molecular complexity index is 457. The van der Waals surface area contributed by atoms with Crippen molar-refractivity contribution in [2.45, 2.75) is 32.8 Å². The van der Waals surface area contributed by atoms with E-state index >= 15 is 0 Å². The highest BCUT2D eigenvalue weighted by Crippen LogP contribution is 2.26. The quantitative estimate of drug-likeness (QED) is 0.377. The molecule has 0 aliphatic carbocycles. The molecule has 0 aromatic heterocycles. The van der Waals surface area contributed by atoms with Crippen molar-refractivity contribution in [1.29, 1.82) is 0 Å². The van der Waals surface area contributed by atoms with Crippen molar-refractivity contribution in [3.8, 4) is 5.75 Å². The Hall–Kier alpha value is -1.75. The summed E-state index contributed by atoms with van der Waals surface area (Å²) in [4.78, 5) is 0. The summed E-state index contributed by atoms with van der Waals surface area (Å²) in [6.45, 7) is 5.30. The zero-order valence-electron chi connectivity index (χ0n) is 11.3. The smallest absolute Gasteiger partial charge is 0.170 e. The van der Waals surface area contributed by atoms with E-state index in [0.29, 0.717) is 12.2 Å². The molecule has 2 rings (SSSR count). The minimum Gasteiger partial charge on any atom is -0.490 e. The van der Waals surface area contributed by atoms with Crippen LogP contribution in [0.3, 0.4) is 0 Å². The zero-order chi connectivity index (χ0) is 13.8. The first-order valence-electron chi connectivity index (χ1n) is 6.45. The van der Waals surface area contributed by atoms with Gasteiger partial charge >= 0.3 is 0 Å². The lowest BCUT2D eigenvalue weighted by Crippen LogP contribution is -2.18. The molecule has 1 aliphatic heterocycles. The van der Waals surface area contributed by atoms with Gasteiger partial charge in [0.1, 0.15) is 12.4 Å². The molecule has 1 unspecified atom stereocenters. The molecule has 0 bridgehead atoms. The van der Waals surface area contributed by atoms with Crippen molar-refractivity contribution < 1.29 is 14.7 Å². The maximum Gasteiger partial charge on any atom is 0.170 e. The molecule has 0 radical (unpaired) electrons. The number of ether oxygens (including phenoxy) is 2. The molecule has 5 heteroatoms. The number of nitrogens with zero attached hydrogens (tertiary/aromatic N) is 1. The molecule has 1 saturated heterocycles. The summed E-state index contributed by atoms with van der Waals surface area (Å²) in [5.41, 5.74) is 8.23. The Kier molecular flexibility index (Phi) is 4.27. The molecule has 1 aliphatic rings. The summed E-state index contributed by atoms with van der Waals surface area (Å²) >= 11 is 0. The van der Waals surface area contributed by atoms with E-state index in [1.54, 1.807) is 0 Å². The van der Waals surface area contributed by atoms with Gasteiger partial charge in [-0.25, -0.2) is 0 Å². The normalized spacial score (nSPS) is 19.7. The van der Waals surface area contributed by atoms with Gasteiger partial charge in [-0.3, -0.25) is 0 Å². The van der Waals surface area contributed by atoms with Crippen molar-refractivity contribution in [2.75, 3.05) is 13.2 Å². The maximum atomic E-state index is 8.70. The fraction of sp³-hybridized carbons (Fsp3) is 0.500. The lowest BCUT2D eigenvalue weighted by Gasteiger charge is -2.16. The second kappa shape index (κ2) is 5.93. The van der Waals surface area contributed by atoms with E-state index in [2.05, 4.69) is 5.16 Å². The van der Waals surface area contributed by atoms with Crippen LogP contribution in [0.1, 0.15) is 29.5 Å². The van der Waals surface area contributed by atoms with Crippen LogP contribution in [0.15, 0.2) is 17.3 Å². The Morgan fingerprint density at radius 1 is 1.47 bits per heavy atom. The SMILES string of the molecule is Cc1cc(C(N)=NO)cc(C)c1OCC1CCCO1. The lowest BCUT2D eigenvalue weighted by atomic mass is 10.1. The Balaban J connectivity index is 2.12. The van der Waals surface area contributed by atoms with Crippen molar-refractivity contribution in [1.82, 2.24) is 0 Å². The monoisotopic (exact) mass is 264 g/mol. The highest BCUT2D eigenvalue weighted by molar-refractivity contribution is 5.97. The summed E-state index contributed by atoms with van der Waals surface area (Å²) in [5, 5.41) is 11.7. The van der Waals surface area contributed by atoms with Crippen molar-refractivity contribution >= 4 is 5.84 Å². The van der Waals surface area contributed by atoms with E-state index in [0.717, 1.165) is 36.3 Å². The minimum absolute atomic E-state index is 0.108. The first kappa shape index (κ1) is 13.7. The highest BCUT2D eigenvalue weighted by Gasteiger charge is 2.17. The first-order chi connectivity index (χ1) is 9.11. The molecular formula is C14H20N2O3. The summed E-state index contributed by atoms with van der Waals surface area (Å²) in [6.07, 6.45) is 2.36. The van der Waals surface area contributed by atoms with Crippen LogP contribution >= 0.6 is 0 Å². The van der Waals surface area contributed by atoms with Crippen molar-refractivity contribution in [3.05, 3.63) is 28.8 Å². The van der Waals surface area contributed by atoms with Crippen LogP contribution in [-0.2, 0) is 4.74 Å². The number of hydrogen-bond acceptors (Lipinski definition) is 4. The van der Waals surface area contributed by atoms with Gasteiger partial charge in [0.05, 0.1) is 6.10 Å². The van der Waals surface area contributed by atoms with Crippen LogP contribution in [-0.4, -0.2) is 30.4 Å². The van der Waals surface area contributed by atoms with Gasteiger partial charge in [0.2, 0.25) is 0 Å². The van der Waals surface area contributed by atoms with E-state index in [1.165, 1.54) is 0 Å². The summed E-state index contributed by atoms with van der Waals surface area (Å²) in [5.74, 6) is 0.960. The molecule has 19 heavy (non-hydrogen) atoms. The van der Waals surface area contributed by atoms with Gasteiger partial charge < -0.3 is 20.4 Å². The van der Waals surface area contributed by atoms with Gasteiger partial charge in [-0.15, -0.1) is 0 Å². The van der Waals surface area contributed by atoms with Crippen molar-refractivity contribution in [2.24, 2.45) is 10.9 Å². The maximum absolute atomic E-state index is 8.70. The number of rotatable bonds is 4. The van der Waals surface area contributed by atoms with Gasteiger partial charge in [0, 0.05) is 12.2 Å². The second-order valence-electron chi connectivity index (χ2n) is 4.87. The van der Waals surface area contributed by atoms with Crippen molar-refractivity contribution in [3.63, 3.8) is 0 Å². The second-order valence-corrected chi connectivity index (χ2v) is 4.87. The third kappa shape index (κ3) is 3.17. The number of nitrogens with two attached hydrogens (primary N) is 1.